The van der Waals surface area contributed by atoms with Crippen molar-refractivity contribution in [3.63, 3.8) is 0 Å². The molecule has 92 valence electrons. The zero-order valence-corrected chi connectivity index (χ0v) is 10.8. The van der Waals surface area contributed by atoms with Gasteiger partial charge in [-0.1, -0.05) is 36.4 Å². The third-order valence-corrected chi connectivity index (χ3v) is 2.84. The molecule has 0 atom stereocenters. The smallest absolute Gasteiger partial charge is 0.121 e. The van der Waals surface area contributed by atoms with Gasteiger partial charge in [0.1, 0.15) is 5.82 Å². The average molecular weight is 239 g/mol. The Kier molecular flexibility index (Phi) is 3.42. The monoisotopic (exact) mass is 239 g/mol. The van der Waals surface area contributed by atoms with Crippen LogP contribution in [0.4, 0.5) is 0 Å². The number of rotatable bonds is 2. The van der Waals surface area contributed by atoms with Crippen molar-refractivity contribution in [3.05, 3.63) is 53.9 Å². The van der Waals surface area contributed by atoms with Crippen molar-refractivity contribution < 1.29 is 0 Å². The van der Waals surface area contributed by atoms with Crippen LogP contribution in [0.2, 0.25) is 0 Å². The van der Waals surface area contributed by atoms with Crippen molar-refractivity contribution in [2.75, 3.05) is 6.54 Å². The van der Waals surface area contributed by atoms with Crippen LogP contribution < -0.4 is 5.73 Å². The second-order valence-corrected chi connectivity index (χ2v) is 4.37. The molecule has 0 aliphatic carbocycles. The van der Waals surface area contributed by atoms with Crippen molar-refractivity contribution in [2.24, 2.45) is 15.7 Å². The minimum atomic E-state index is 0.532. The normalized spacial score (nSPS) is 15.3. The van der Waals surface area contributed by atoms with E-state index in [1.807, 2.05) is 32.1 Å². The van der Waals surface area contributed by atoms with Gasteiger partial charge in [-0.05, 0) is 25.5 Å². The van der Waals surface area contributed by atoms with E-state index in [1.165, 1.54) is 0 Å². The molecule has 18 heavy (non-hydrogen) atoms. The van der Waals surface area contributed by atoms with E-state index in [2.05, 4.69) is 28.7 Å². The number of aliphatic imine (C=N–C) groups is 2. The lowest BCUT2D eigenvalue weighted by atomic mass is 10.0. The largest absolute Gasteiger partial charge is 0.384 e. The summed E-state index contributed by atoms with van der Waals surface area (Å²) in [5, 5.41) is 0. The predicted octanol–water partition coefficient (Wildman–Crippen LogP) is 2.78. The Morgan fingerprint density at radius 2 is 1.94 bits per heavy atom. The highest BCUT2D eigenvalue weighted by atomic mass is 14.9. The van der Waals surface area contributed by atoms with Crippen LogP contribution in [0.3, 0.4) is 0 Å². The van der Waals surface area contributed by atoms with Gasteiger partial charge in [-0.3, -0.25) is 4.99 Å². The summed E-state index contributed by atoms with van der Waals surface area (Å²) in [5.74, 6) is 0.532. The van der Waals surface area contributed by atoms with Gasteiger partial charge in [0, 0.05) is 5.56 Å². The number of nitrogens with two attached hydrogens (primary N) is 1. The van der Waals surface area contributed by atoms with Gasteiger partial charge in [-0.2, -0.15) is 0 Å². The molecule has 0 radical (unpaired) electrons. The van der Waals surface area contributed by atoms with Crippen molar-refractivity contribution >= 4 is 17.0 Å². The summed E-state index contributed by atoms with van der Waals surface area (Å²) in [6.07, 6.45) is 1.82. The maximum Gasteiger partial charge on any atom is 0.121 e. The molecule has 0 spiro atoms. The molecular weight excluding hydrogens is 222 g/mol. The van der Waals surface area contributed by atoms with Crippen molar-refractivity contribution in [2.45, 2.75) is 13.8 Å². The molecule has 0 aromatic heterocycles. The van der Waals surface area contributed by atoms with Gasteiger partial charge in [0.05, 0.1) is 18.0 Å². The Balaban J connectivity index is 2.35. The maximum atomic E-state index is 5.72. The highest BCUT2D eigenvalue weighted by molar-refractivity contribution is 6.47. The molecule has 2 rings (SSSR count). The van der Waals surface area contributed by atoms with Crippen LogP contribution in [-0.4, -0.2) is 18.0 Å². The van der Waals surface area contributed by atoms with E-state index in [0.717, 1.165) is 28.1 Å². The highest BCUT2D eigenvalue weighted by Gasteiger charge is 2.09. The number of hydrogen-bond acceptors (Lipinski definition) is 3. The van der Waals surface area contributed by atoms with E-state index >= 15 is 0 Å². The van der Waals surface area contributed by atoms with E-state index in [-0.39, 0.29) is 0 Å². The van der Waals surface area contributed by atoms with E-state index in [1.54, 1.807) is 0 Å². The van der Waals surface area contributed by atoms with Gasteiger partial charge < -0.3 is 5.73 Å². The maximum absolute atomic E-state index is 5.72. The summed E-state index contributed by atoms with van der Waals surface area (Å²) >= 11 is 0. The minimum absolute atomic E-state index is 0.532. The van der Waals surface area contributed by atoms with Gasteiger partial charge >= 0.3 is 0 Å². The van der Waals surface area contributed by atoms with Crippen molar-refractivity contribution in [1.82, 2.24) is 0 Å². The molecule has 0 fully saturated rings. The molecule has 1 aromatic carbocycles. The van der Waals surface area contributed by atoms with Gasteiger partial charge in [-0.25, -0.2) is 4.99 Å². The van der Waals surface area contributed by atoms with E-state index in [4.69, 9.17) is 5.73 Å². The zero-order valence-electron chi connectivity index (χ0n) is 10.8. The summed E-state index contributed by atoms with van der Waals surface area (Å²) < 4.78 is 0. The molecule has 1 heterocycles. The summed E-state index contributed by atoms with van der Waals surface area (Å²) in [7, 11) is 0. The number of benzene rings is 1. The minimum Gasteiger partial charge on any atom is -0.384 e. The molecule has 1 aromatic rings. The first-order valence-electron chi connectivity index (χ1n) is 5.90. The van der Waals surface area contributed by atoms with Crippen molar-refractivity contribution in [3.8, 4) is 0 Å². The van der Waals surface area contributed by atoms with Gasteiger partial charge in [-0.15, -0.1) is 0 Å². The van der Waals surface area contributed by atoms with Crippen LogP contribution in [0.15, 0.2) is 52.7 Å². The zero-order chi connectivity index (χ0) is 13.1. The Labute approximate surface area is 107 Å². The van der Waals surface area contributed by atoms with Crippen LogP contribution in [0.1, 0.15) is 25.0 Å². The molecule has 2 N–H and O–H groups in total. The molecule has 1 aliphatic heterocycles. The Morgan fingerprint density at radius 3 is 2.56 bits per heavy atom. The van der Waals surface area contributed by atoms with E-state index in [0.29, 0.717) is 12.4 Å². The Morgan fingerprint density at radius 1 is 1.28 bits per heavy atom. The molecule has 0 saturated carbocycles. The summed E-state index contributed by atoms with van der Waals surface area (Å²) in [4.78, 5) is 8.81. The summed E-state index contributed by atoms with van der Waals surface area (Å²) in [5.41, 5.74) is 10.7. The molecule has 3 heteroatoms. The van der Waals surface area contributed by atoms with Crippen LogP contribution in [0, 0.1) is 0 Å². The molecule has 0 bridgehead atoms. The Bertz CT molecular complexity index is 560. The molecule has 0 unspecified atom stereocenters. The Hall–Kier alpha value is -2.16. The van der Waals surface area contributed by atoms with Crippen LogP contribution in [0.25, 0.3) is 5.57 Å². The summed E-state index contributed by atoms with van der Waals surface area (Å²) in [6, 6.07) is 8.19. The first-order valence-corrected chi connectivity index (χ1v) is 5.90. The standard InChI is InChI=1S/C15H17N3/c1-10(2)12-4-6-13(7-5-12)15-11(3)18-14(16)8-9-17-15/h4-8H,1,9,16H2,2-3H3. The number of hydrogen-bond donors (Lipinski definition) is 1. The molecule has 3 nitrogen and oxygen atoms in total. The lowest BCUT2D eigenvalue weighted by molar-refractivity contribution is 1.17. The van der Waals surface area contributed by atoms with Gasteiger partial charge in [0.2, 0.25) is 0 Å². The van der Waals surface area contributed by atoms with Crippen LogP contribution in [-0.2, 0) is 0 Å². The van der Waals surface area contributed by atoms with Gasteiger partial charge in [0.15, 0.2) is 0 Å². The topological polar surface area (TPSA) is 50.7 Å². The lowest BCUT2D eigenvalue weighted by Gasteiger charge is -2.06. The van der Waals surface area contributed by atoms with E-state index < -0.39 is 0 Å². The van der Waals surface area contributed by atoms with Gasteiger partial charge in [0.25, 0.3) is 0 Å². The quantitative estimate of drug-likeness (QED) is 0.847. The second-order valence-electron chi connectivity index (χ2n) is 4.37. The SMILES string of the molecule is C=C(C)c1ccc(C2=NCC=C(N)N=C2C)cc1. The lowest BCUT2D eigenvalue weighted by Crippen LogP contribution is -2.12. The van der Waals surface area contributed by atoms with Crippen LogP contribution in [0.5, 0.6) is 0 Å². The van der Waals surface area contributed by atoms with E-state index in [9.17, 15) is 0 Å². The third kappa shape index (κ3) is 2.56. The first-order chi connectivity index (χ1) is 8.58. The third-order valence-electron chi connectivity index (χ3n) is 2.84. The molecule has 0 saturated heterocycles. The molecule has 1 aliphatic rings. The van der Waals surface area contributed by atoms with Crippen molar-refractivity contribution in [1.29, 1.82) is 0 Å². The predicted molar refractivity (Wildman–Crippen MR) is 77.9 cm³/mol. The fraction of sp³-hybridized carbons (Fsp3) is 0.200. The fourth-order valence-electron chi connectivity index (χ4n) is 1.85. The fourth-order valence-corrected chi connectivity index (χ4v) is 1.85. The number of allylic oxidation sites excluding steroid dienone is 1. The average Bonchev–Trinajstić information content (AvgIpc) is 2.50. The molecule has 0 amide bonds. The first kappa shape index (κ1) is 12.3. The second kappa shape index (κ2) is 5.00. The van der Waals surface area contributed by atoms with Crippen LogP contribution >= 0.6 is 0 Å². The highest BCUT2D eigenvalue weighted by Crippen LogP contribution is 2.14. The summed E-state index contributed by atoms with van der Waals surface area (Å²) in [6.45, 7) is 8.43. The molecular formula is C15H17N3. The number of nitrogens with zero attached hydrogens (tertiary/aromatic N) is 2.